The molecular weight excluding hydrogens is 120 g/mol. The molecule has 0 aliphatic rings. The number of aliphatic hydroxyl groups excluding tert-OH is 2. The Morgan fingerprint density at radius 2 is 2.00 bits per heavy atom. The molecule has 0 aromatic heterocycles. The highest BCUT2D eigenvalue weighted by Crippen LogP contribution is 1.96. The summed E-state index contributed by atoms with van der Waals surface area (Å²) in [6, 6.07) is 0. The fourth-order valence-electron chi connectivity index (χ4n) is 0.654. The first-order valence-electron chi connectivity index (χ1n) is 3.02. The molecule has 3 nitrogen and oxygen atoms in total. The Labute approximate surface area is 55.3 Å². The standard InChI is InChI=1S/C6H14O3/c1-5(7)3-6(8)4-9-2/h5-8H,3-4H2,1-2H3/t5-,6-/m0/s1. The summed E-state index contributed by atoms with van der Waals surface area (Å²) >= 11 is 0. The Morgan fingerprint density at radius 1 is 1.44 bits per heavy atom. The van der Waals surface area contributed by atoms with Gasteiger partial charge in [0.1, 0.15) is 0 Å². The average molecular weight is 134 g/mol. The molecule has 0 aromatic rings. The van der Waals surface area contributed by atoms with Gasteiger partial charge >= 0.3 is 0 Å². The SMILES string of the molecule is COC[C@@H](O)C[C@H](C)O. The monoisotopic (exact) mass is 134 g/mol. The number of hydrogen-bond donors (Lipinski definition) is 2. The fraction of sp³-hybridized carbons (Fsp3) is 1.00. The van der Waals surface area contributed by atoms with Crippen molar-refractivity contribution in [3.63, 3.8) is 0 Å². The molecule has 0 bridgehead atoms. The molecule has 0 heterocycles. The summed E-state index contributed by atoms with van der Waals surface area (Å²) < 4.78 is 4.64. The molecule has 2 atom stereocenters. The minimum absolute atomic E-state index is 0.297. The van der Waals surface area contributed by atoms with Gasteiger partial charge in [-0.15, -0.1) is 0 Å². The summed E-state index contributed by atoms with van der Waals surface area (Å²) in [5.74, 6) is 0. The van der Waals surface area contributed by atoms with Crippen molar-refractivity contribution in [3.05, 3.63) is 0 Å². The number of methoxy groups -OCH3 is 1. The Kier molecular flexibility index (Phi) is 4.67. The van der Waals surface area contributed by atoms with Gasteiger partial charge in [-0.1, -0.05) is 0 Å². The Bertz CT molecular complexity index is 63.3. The van der Waals surface area contributed by atoms with Gasteiger partial charge < -0.3 is 14.9 Å². The van der Waals surface area contributed by atoms with E-state index in [9.17, 15) is 0 Å². The van der Waals surface area contributed by atoms with Crippen molar-refractivity contribution in [2.45, 2.75) is 25.6 Å². The molecule has 0 unspecified atom stereocenters. The van der Waals surface area contributed by atoms with E-state index in [0.29, 0.717) is 13.0 Å². The highest BCUT2D eigenvalue weighted by molar-refractivity contribution is 4.57. The highest BCUT2D eigenvalue weighted by Gasteiger charge is 2.05. The lowest BCUT2D eigenvalue weighted by Crippen LogP contribution is -2.19. The quantitative estimate of drug-likeness (QED) is 0.558. The van der Waals surface area contributed by atoms with Gasteiger partial charge in [-0.3, -0.25) is 0 Å². The van der Waals surface area contributed by atoms with Gasteiger partial charge in [0.25, 0.3) is 0 Å². The molecule has 3 heteroatoms. The Balaban J connectivity index is 3.15. The van der Waals surface area contributed by atoms with Gasteiger partial charge in [0.05, 0.1) is 18.8 Å². The largest absolute Gasteiger partial charge is 0.393 e. The van der Waals surface area contributed by atoms with Crippen molar-refractivity contribution in [2.75, 3.05) is 13.7 Å². The molecule has 0 spiro atoms. The van der Waals surface area contributed by atoms with Crippen LogP contribution in [0.3, 0.4) is 0 Å². The van der Waals surface area contributed by atoms with E-state index >= 15 is 0 Å². The number of hydrogen-bond acceptors (Lipinski definition) is 3. The first-order chi connectivity index (χ1) is 4.16. The lowest BCUT2D eigenvalue weighted by molar-refractivity contribution is 0.0294. The van der Waals surface area contributed by atoms with Crippen LogP contribution < -0.4 is 0 Å². The van der Waals surface area contributed by atoms with E-state index in [1.54, 1.807) is 6.92 Å². The molecule has 0 saturated carbocycles. The zero-order valence-corrected chi connectivity index (χ0v) is 5.87. The number of rotatable bonds is 4. The molecule has 0 rings (SSSR count). The fourth-order valence-corrected chi connectivity index (χ4v) is 0.654. The smallest absolute Gasteiger partial charge is 0.0798 e. The second-order valence-corrected chi connectivity index (χ2v) is 2.19. The van der Waals surface area contributed by atoms with E-state index in [2.05, 4.69) is 4.74 Å². The van der Waals surface area contributed by atoms with Crippen LogP contribution >= 0.6 is 0 Å². The number of ether oxygens (including phenoxy) is 1. The van der Waals surface area contributed by atoms with Crippen molar-refractivity contribution in [1.29, 1.82) is 0 Å². The van der Waals surface area contributed by atoms with Crippen LogP contribution in [0.1, 0.15) is 13.3 Å². The first-order valence-corrected chi connectivity index (χ1v) is 3.02. The molecule has 0 radical (unpaired) electrons. The van der Waals surface area contributed by atoms with Gasteiger partial charge in [0, 0.05) is 13.5 Å². The number of aliphatic hydroxyl groups is 2. The molecule has 0 aliphatic carbocycles. The zero-order valence-electron chi connectivity index (χ0n) is 5.87. The van der Waals surface area contributed by atoms with Crippen molar-refractivity contribution in [3.8, 4) is 0 Å². The van der Waals surface area contributed by atoms with Gasteiger partial charge in [-0.05, 0) is 6.92 Å². The third-order valence-corrected chi connectivity index (χ3v) is 0.972. The maximum Gasteiger partial charge on any atom is 0.0798 e. The second kappa shape index (κ2) is 4.73. The van der Waals surface area contributed by atoms with Gasteiger partial charge in [-0.25, -0.2) is 0 Å². The van der Waals surface area contributed by atoms with E-state index in [0.717, 1.165) is 0 Å². The summed E-state index contributed by atoms with van der Waals surface area (Å²) in [6.45, 7) is 1.93. The molecule has 0 amide bonds. The molecular formula is C6H14O3. The second-order valence-electron chi connectivity index (χ2n) is 2.19. The predicted molar refractivity (Wildman–Crippen MR) is 34.2 cm³/mol. The molecule has 2 N–H and O–H groups in total. The lowest BCUT2D eigenvalue weighted by Gasteiger charge is -2.09. The van der Waals surface area contributed by atoms with Crippen LogP contribution in [-0.2, 0) is 4.74 Å². The van der Waals surface area contributed by atoms with E-state index in [1.807, 2.05) is 0 Å². The normalized spacial score (nSPS) is 17.3. The van der Waals surface area contributed by atoms with Gasteiger partial charge in [-0.2, -0.15) is 0 Å². The van der Waals surface area contributed by atoms with Crippen molar-refractivity contribution >= 4 is 0 Å². The van der Waals surface area contributed by atoms with E-state index in [1.165, 1.54) is 7.11 Å². The maximum atomic E-state index is 8.93. The highest BCUT2D eigenvalue weighted by atomic mass is 16.5. The molecule has 0 saturated heterocycles. The van der Waals surface area contributed by atoms with Crippen molar-refractivity contribution < 1.29 is 14.9 Å². The van der Waals surface area contributed by atoms with Crippen LogP contribution in [0.15, 0.2) is 0 Å². The summed E-state index contributed by atoms with van der Waals surface area (Å²) in [7, 11) is 1.52. The maximum absolute atomic E-state index is 8.93. The van der Waals surface area contributed by atoms with Crippen LogP contribution in [0.25, 0.3) is 0 Å². The molecule has 9 heavy (non-hydrogen) atoms. The average Bonchev–Trinajstić information content (AvgIpc) is 1.63. The van der Waals surface area contributed by atoms with Crippen molar-refractivity contribution in [2.24, 2.45) is 0 Å². The summed E-state index contributed by atoms with van der Waals surface area (Å²) in [4.78, 5) is 0. The summed E-state index contributed by atoms with van der Waals surface area (Å²) in [5.41, 5.74) is 0. The Hall–Kier alpha value is -0.120. The predicted octanol–water partition coefficient (Wildman–Crippen LogP) is -0.235. The lowest BCUT2D eigenvalue weighted by atomic mass is 10.2. The van der Waals surface area contributed by atoms with Crippen LogP contribution in [-0.4, -0.2) is 36.1 Å². The van der Waals surface area contributed by atoms with Crippen LogP contribution in [0.5, 0.6) is 0 Å². The molecule has 0 aromatic carbocycles. The third kappa shape index (κ3) is 5.76. The molecule has 56 valence electrons. The van der Waals surface area contributed by atoms with Gasteiger partial charge in [0.2, 0.25) is 0 Å². The Morgan fingerprint density at radius 3 is 2.33 bits per heavy atom. The minimum Gasteiger partial charge on any atom is -0.393 e. The third-order valence-electron chi connectivity index (χ3n) is 0.972. The van der Waals surface area contributed by atoms with E-state index in [-0.39, 0.29) is 0 Å². The minimum atomic E-state index is -0.532. The van der Waals surface area contributed by atoms with Gasteiger partial charge in [0.15, 0.2) is 0 Å². The van der Waals surface area contributed by atoms with Crippen LogP contribution in [0.4, 0.5) is 0 Å². The topological polar surface area (TPSA) is 49.7 Å². The molecule has 0 fully saturated rings. The van der Waals surface area contributed by atoms with E-state index in [4.69, 9.17) is 10.2 Å². The van der Waals surface area contributed by atoms with Crippen LogP contribution in [0, 0.1) is 0 Å². The van der Waals surface area contributed by atoms with Crippen molar-refractivity contribution in [1.82, 2.24) is 0 Å². The first kappa shape index (κ1) is 8.88. The van der Waals surface area contributed by atoms with Crippen LogP contribution in [0.2, 0.25) is 0 Å². The zero-order chi connectivity index (χ0) is 7.28. The molecule has 0 aliphatic heterocycles. The summed E-state index contributed by atoms with van der Waals surface area (Å²) in [6.07, 6.45) is -0.599. The summed E-state index contributed by atoms with van der Waals surface area (Å²) in [5, 5.41) is 17.7. The van der Waals surface area contributed by atoms with E-state index < -0.39 is 12.2 Å².